The van der Waals surface area contributed by atoms with Gasteiger partial charge in [-0.05, 0) is 103 Å². The number of rotatable bonds is 7. The van der Waals surface area contributed by atoms with E-state index >= 15 is 0 Å². The predicted octanol–water partition coefficient (Wildman–Crippen LogP) is 12.1. The number of benzene rings is 5. The molecule has 52 heavy (non-hydrogen) atoms. The summed E-state index contributed by atoms with van der Waals surface area (Å²) in [6, 6.07) is 38.7. The number of nitrogens with zero attached hydrogens (tertiary/aromatic N) is 5. The summed E-state index contributed by atoms with van der Waals surface area (Å²) in [5.74, 6) is 3.22. The lowest BCUT2D eigenvalue weighted by Crippen LogP contribution is -2.02. The third-order valence-corrected chi connectivity index (χ3v) is 10.4. The summed E-state index contributed by atoms with van der Waals surface area (Å²) in [5.41, 5.74) is 11.9. The zero-order valence-corrected chi connectivity index (χ0v) is 30.4. The molecule has 0 aliphatic carbocycles. The summed E-state index contributed by atoms with van der Waals surface area (Å²) < 4.78 is 13.1. The van der Waals surface area contributed by atoms with Crippen LogP contribution in [0.4, 0.5) is 0 Å². The summed E-state index contributed by atoms with van der Waals surface area (Å²) in [6.07, 6.45) is 5.65. The van der Waals surface area contributed by atoms with Gasteiger partial charge in [-0.2, -0.15) is 5.10 Å². The molecular weight excluding hydrogens is 639 g/mol. The van der Waals surface area contributed by atoms with Crippen molar-refractivity contribution >= 4 is 43.6 Å². The van der Waals surface area contributed by atoms with E-state index in [9.17, 15) is 0 Å². The van der Waals surface area contributed by atoms with Gasteiger partial charge in [-0.15, -0.1) is 0 Å². The van der Waals surface area contributed by atoms with Gasteiger partial charge in [0.1, 0.15) is 17.3 Å². The van der Waals surface area contributed by atoms with Crippen LogP contribution in [-0.2, 0) is 0 Å². The fraction of sp³-hybridized carbons (Fsp3) is 0.174. The first-order valence-electron chi connectivity index (χ1n) is 18.1. The van der Waals surface area contributed by atoms with Gasteiger partial charge in [0.15, 0.2) is 0 Å². The molecule has 4 heterocycles. The van der Waals surface area contributed by atoms with Crippen molar-refractivity contribution in [2.45, 2.75) is 53.4 Å². The van der Waals surface area contributed by atoms with Gasteiger partial charge in [-0.3, -0.25) is 4.57 Å². The van der Waals surface area contributed by atoms with Crippen molar-refractivity contribution in [3.8, 4) is 28.7 Å². The van der Waals surface area contributed by atoms with Gasteiger partial charge in [-0.1, -0.05) is 64.1 Å². The molecule has 0 unspecified atom stereocenters. The summed E-state index contributed by atoms with van der Waals surface area (Å²) >= 11 is 0. The number of fused-ring (bicyclic) bond motifs is 6. The molecule has 0 N–H and O–H groups in total. The summed E-state index contributed by atoms with van der Waals surface area (Å²) in [6.45, 7) is 13.6. The van der Waals surface area contributed by atoms with Gasteiger partial charge in [0.2, 0.25) is 0 Å². The number of pyridine rings is 1. The van der Waals surface area contributed by atoms with Gasteiger partial charge >= 0.3 is 0 Å². The van der Waals surface area contributed by atoms with Crippen molar-refractivity contribution in [1.82, 2.24) is 23.9 Å². The monoisotopic (exact) mass is 679 g/mol. The molecule has 6 nitrogen and oxygen atoms in total. The Balaban J connectivity index is 1.24. The van der Waals surface area contributed by atoms with Crippen molar-refractivity contribution in [1.29, 1.82) is 0 Å². The maximum absolute atomic E-state index is 6.49. The minimum Gasteiger partial charge on any atom is -0.457 e. The van der Waals surface area contributed by atoms with Crippen LogP contribution in [0.2, 0.25) is 0 Å². The maximum Gasteiger partial charge on any atom is 0.139 e. The van der Waals surface area contributed by atoms with E-state index < -0.39 is 0 Å². The lowest BCUT2D eigenvalue weighted by Gasteiger charge is -2.15. The average Bonchev–Trinajstić information content (AvgIpc) is 3.88. The van der Waals surface area contributed by atoms with Crippen LogP contribution in [-0.4, -0.2) is 23.9 Å². The van der Waals surface area contributed by atoms with E-state index in [1.54, 1.807) is 6.20 Å². The molecular formula is C46H41N5O. The SMILES string of the molecule is Cc1cc(C(C)C)cc2c3cc(C(C)C)cc(C)c3n(-c3ccnc(-n4c5ccccc5c5ccc(Oc6cccc(-n7cccn7)c6)cc54)c3)c12. The number of hydrogen-bond donors (Lipinski definition) is 0. The van der Waals surface area contributed by atoms with Crippen LogP contribution in [0.15, 0.2) is 128 Å². The minimum absolute atomic E-state index is 0.438. The lowest BCUT2D eigenvalue weighted by molar-refractivity contribution is 0.483. The normalized spacial score (nSPS) is 12.0. The van der Waals surface area contributed by atoms with Crippen molar-refractivity contribution in [2.75, 3.05) is 0 Å². The van der Waals surface area contributed by atoms with Gasteiger partial charge in [0.05, 0.1) is 33.4 Å². The van der Waals surface area contributed by atoms with Crippen LogP contribution < -0.4 is 4.74 Å². The number of hydrogen-bond acceptors (Lipinski definition) is 3. The molecule has 0 spiro atoms. The predicted molar refractivity (Wildman–Crippen MR) is 214 cm³/mol. The zero-order valence-electron chi connectivity index (χ0n) is 30.4. The first-order valence-corrected chi connectivity index (χ1v) is 18.1. The van der Waals surface area contributed by atoms with Gasteiger partial charge in [0.25, 0.3) is 0 Å². The molecule has 0 bridgehead atoms. The fourth-order valence-electron chi connectivity index (χ4n) is 7.83. The van der Waals surface area contributed by atoms with Gasteiger partial charge < -0.3 is 9.30 Å². The highest BCUT2D eigenvalue weighted by atomic mass is 16.5. The molecule has 0 amide bonds. The standard InChI is InChI=1S/C46H41N5O/c1-28(2)32-21-30(5)45-40(23-32)41-24-33(29(3)4)22-31(6)46(41)50(45)35-17-19-47-44(26-35)51-42-14-8-7-13-38(42)39-16-15-37(27-43(39)51)52-36-12-9-11-34(25-36)49-20-10-18-48-49/h7-29H,1-6H3. The van der Waals surface area contributed by atoms with Crippen LogP contribution in [0, 0.1) is 13.8 Å². The van der Waals surface area contributed by atoms with Crippen LogP contribution in [0.25, 0.3) is 60.8 Å². The smallest absolute Gasteiger partial charge is 0.139 e. The van der Waals surface area contributed by atoms with Crippen molar-refractivity contribution in [3.63, 3.8) is 0 Å². The lowest BCUT2D eigenvalue weighted by atomic mass is 9.95. The van der Waals surface area contributed by atoms with E-state index in [1.807, 2.05) is 53.5 Å². The summed E-state index contributed by atoms with van der Waals surface area (Å²) in [7, 11) is 0. The largest absolute Gasteiger partial charge is 0.457 e. The molecule has 0 atom stereocenters. The van der Waals surface area contributed by atoms with E-state index in [-0.39, 0.29) is 0 Å². The van der Waals surface area contributed by atoms with Crippen LogP contribution in [0.5, 0.6) is 11.5 Å². The molecule has 9 aromatic rings. The van der Waals surface area contributed by atoms with E-state index in [2.05, 4.69) is 129 Å². The Morgan fingerprint density at radius 1 is 0.538 bits per heavy atom. The Labute approximate surface area is 303 Å². The molecule has 0 aliphatic heterocycles. The topological polar surface area (TPSA) is 49.8 Å². The number of aryl methyl sites for hydroxylation is 2. The summed E-state index contributed by atoms with van der Waals surface area (Å²) in [5, 5.41) is 9.31. The molecule has 256 valence electrons. The van der Waals surface area contributed by atoms with E-state index in [4.69, 9.17) is 9.72 Å². The van der Waals surface area contributed by atoms with Crippen LogP contribution in [0.1, 0.15) is 61.8 Å². The Morgan fingerprint density at radius 3 is 1.92 bits per heavy atom. The quantitative estimate of drug-likeness (QED) is 0.168. The highest BCUT2D eigenvalue weighted by molar-refractivity contribution is 6.12. The number of aromatic nitrogens is 5. The second kappa shape index (κ2) is 12.3. The second-order valence-corrected chi connectivity index (χ2v) is 14.6. The second-order valence-electron chi connectivity index (χ2n) is 14.6. The zero-order chi connectivity index (χ0) is 35.7. The van der Waals surface area contributed by atoms with E-state index in [0.29, 0.717) is 11.8 Å². The first kappa shape index (κ1) is 31.8. The van der Waals surface area contributed by atoms with Crippen LogP contribution >= 0.6 is 0 Å². The fourth-order valence-corrected chi connectivity index (χ4v) is 7.83. The molecule has 0 radical (unpaired) electrons. The molecule has 5 aromatic carbocycles. The molecule has 0 fully saturated rings. The Hall–Kier alpha value is -6.14. The molecule has 0 aliphatic rings. The molecule has 0 saturated heterocycles. The van der Waals surface area contributed by atoms with E-state index in [1.165, 1.54) is 49.4 Å². The molecule has 4 aromatic heterocycles. The number of ether oxygens (including phenoxy) is 1. The molecule has 0 saturated carbocycles. The Bertz CT molecular complexity index is 2730. The molecule has 9 rings (SSSR count). The third-order valence-electron chi connectivity index (χ3n) is 10.4. The minimum atomic E-state index is 0.438. The van der Waals surface area contributed by atoms with Crippen molar-refractivity contribution in [2.24, 2.45) is 0 Å². The highest BCUT2D eigenvalue weighted by Gasteiger charge is 2.21. The van der Waals surface area contributed by atoms with Crippen LogP contribution in [0.3, 0.4) is 0 Å². The number of para-hydroxylation sites is 1. The Morgan fingerprint density at radius 2 is 1.23 bits per heavy atom. The van der Waals surface area contributed by atoms with Crippen molar-refractivity contribution in [3.05, 3.63) is 150 Å². The van der Waals surface area contributed by atoms with E-state index in [0.717, 1.165) is 45.1 Å². The highest BCUT2D eigenvalue weighted by Crippen LogP contribution is 2.40. The third kappa shape index (κ3) is 5.17. The first-order chi connectivity index (χ1) is 25.2. The average molecular weight is 680 g/mol. The molecule has 6 heteroatoms. The summed E-state index contributed by atoms with van der Waals surface area (Å²) in [4.78, 5) is 5.02. The van der Waals surface area contributed by atoms with Crippen molar-refractivity contribution < 1.29 is 4.74 Å². The van der Waals surface area contributed by atoms with Gasteiger partial charge in [0, 0.05) is 58.3 Å². The maximum atomic E-state index is 6.49. The van der Waals surface area contributed by atoms with Gasteiger partial charge in [-0.25, -0.2) is 9.67 Å². The Kier molecular flexibility index (Phi) is 7.51.